The van der Waals surface area contributed by atoms with E-state index < -0.39 is 10.0 Å². The maximum Gasteiger partial charge on any atom is 0.242 e. The second-order valence-electron chi connectivity index (χ2n) is 6.29. The smallest absolute Gasteiger partial charge is 0.242 e. The highest BCUT2D eigenvalue weighted by Gasteiger charge is 2.30. The quantitative estimate of drug-likeness (QED) is 0.873. The molecule has 0 aromatic carbocycles. The van der Waals surface area contributed by atoms with Gasteiger partial charge in [0.2, 0.25) is 10.0 Å². The van der Waals surface area contributed by atoms with Crippen molar-refractivity contribution < 1.29 is 8.42 Å². The third-order valence-electron chi connectivity index (χ3n) is 4.52. The first-order valence-electron chi connectivity index (χ1n) is 7.59. The summed E-state index contributed by atoms with van der Waals surface area (Å²) < 4.78 is 28.4. The van der Waals surface area contributed by atoms with Gasteiger partial charge in [0.15, 0.2) is 0 Å². The molecule has 0 amide bonds. The number of sulfonamides is 1. The lowest BCUT2D eigenvalue weighted by Gasteiger charge is -2.32. The fourth-order valence-electron chi connectivity index (χ4n) is 3.06. The first-order valence-corrected chi connectivity index (χ1v) is 9.95. The third kappa shape index (κ3) is 3.86. The van der Waals surface area contributed by atoms with Crippen LogP contribution in [0.25, 0.3) is 0 Å². The van der Waals surface area contributed by atoms with Gasteiger partial charge in [0.05, 0.1) is 0 Å². The van der Waals surface area contributed by atoms with Gasteiger partial charge in [-0.05, 0) is 56.0 Å². The van der Waals surface area contributed by atoms with Crippen molar-refractivity contribution in [1.29, 1.82) is 0 Å². The molecular weight excluding hydrogens is 304 g/mol. The highest BCUT2D eigenvalue weighted by molar-refractivity contribution is 7.89. The molecule has 6 heteroatoms. The monoisotopic (exact) mass is 330 g/mol. The molecule has 1 aromatic heterocycles. The van der Waals surface area contributed by atoms with Crippen LogP contribution in [-0.2, 0) is 16.6 Å². The predicted molar refractivity (Wildman–Crippen MR) is 88.1 cm³/mol. The molecule has 1 aliphatic rings. The Morgan fingerprint density at radius 2 is 2.00 bits per heavy atom. The van der Waals surface area contributed by atoms with Crippen molar-refractivity contribution in [2.75, 3.05) is 7.05 Å². The van der Waals surface area contributed by atoms with Crippen LogP contribution in [0.4, 0.5) is 0 Å². The van der Waals surface area contributed by atoms with Crippen molar-refractivity contribution in [1.82, 2.24) is 10.0 Å². The molecule has 0 aliphatic heterocycles. The van der Waals surface area contributed by atoms with Gasteiger partial charge < -0.3 is 5.32 Å². The minimum atomic E-state index is -3.42. The average Bonchev–Trinajstić information content (AvgIpc) is 2.76. The van der Waals surface area contributed by atoms with E-state index in [1.165, 1.54) is 11.3 Å². The van der Waals surface area contributed by atoms with Crippen LogP contribution in [0.1, 0.15) is 43.6 Å². The summed E-state index contributed by atoms with van der Waals surface area (Å²) in [5.41, 5.74) is 0.843. The van der Waals surface area contributed by atoms with Crippen molar-refractivity contribution in [3.63, 3.8) is 0 Å². The molecule has 0 bridgehead atoms. The Bertz CT molecular complexity index is 580. The third-order valence-corrected chi connectivity index (χ3v) is 7.50. The number of aryl methyl sites for hydroxylation is 1. The lowest BCUT2D eigenvalue weighted by Crippen LogP contribution is -2.40. The Morgan fingerprint density at radius 1 is 1.29 bits per heavy atom. The molecule has 2 N–H and O–H groups in total. The second kappa shape index (κ2) is 6.77. The van der Waals surface area contributed by atoms with Crippen LogP contribution in [0.15, 0.2) is 10.3 Å². The molecule has 120 valence electrons. The minimum absolute atomic E-state index is 0.0722. The van der Waals surface area contributed by atoms with E-state index in [-0.39, 0.29) is 6.04 Å². The van der Waals surface area contributed by atoms with E-state index in [2.05, 4.69) is 23.9 Å². The molecule has 1 aromatic rings. The molecule has 3 unspecified atom stereocenters. The van der Waals surface area contributed by atoms with E-state index in [1.54, 1.807) is 0 Å². The SMILES string of the molecule is CNCc1scc(C)c1S(=O)(=O)NC1CCC(C)C(C)C1. The largest absolute Gasteiger partial charge is 0.315 e. The van der Waals surface area contributed by atoms with Gasteiger partial charge in [0.25, 0.3) is 0 Å². The Morgan fingerprint density at radius 3 is 2.62 bits per heavy atom. The Hall–Kier alpha value is -0.430. The van der Waals surface area contributed by atoms with E-state index in [0.29, 0.717) is 23.3 Å². The van der Waals surface area contributed by atoms with Crippen LogP contribution in [0.2, 0.25) is 0 Å². The highest BCUT2D eigenvalue weighted by atomic mass is 32.2. The number of hydrogen-bond acceptors (Lipinski definition) is 4. The van der Waals surface area contributed by atoms with Crippen LogP contribution >= 0.6 is 11.3 Å². The van der Waals surface area contributed by atoms with Gasteiger partial charge >= 0.3 is 0 Å². The molecule has 0 radical (unpaired) electrons. The maximum absolute atomic E-state index is 12.7. The minimum Gasteiger partial charge on any atom is -0.315 e. The second-order valence-corrected chi connectivity index (χ2v) is 8.90. The predicted octanol–water partition coefficient (Wildman–Crippen LogP) is 2.88. The first kappa shape index (κ1) is 16.9. The Kier molecular flexibility index (Phi) is 5.46. The molecule has 0 spiro atoms. The summed E-state index contributed by atoms with van der Waals surface area (Å²) in [6, 6.07) is 0.0722. The van der Waals surface area contributed by atoms with Crippen molar-refractivity contribution in [2.24, 2.45) is 11.8 Å². The fourth-order valence-corrected chi connectivity index (χ4v) is 6.17. The zero-order chi connectivity index (χ0) is 15.6. The summed E-state index contributed by atoms with van der Waals surface area (Å²) >= 11 is 1.51. The van der Waals surface area contributed by atoms with Gasteiger partial charge in [-0.15, -0.1) is 11.3 Å². The van der Waals surface area contributed by atoms with Gasteiger partial charge in [-0.25, -0.2) is 13.1 Å². The van der Waals surface area contributed by atoms with Crippen LogP contribution in [-0.4, -0.2) is 21.5 Å². The zero-order valence-electron chi connectivity index (χ0n) is 13.3. The van der Waals surface area contributed by atoms with Gasteiger partial charge in [0.1, 0.15) is 4.90 Å². The summed E-state index contributed by atoms with van der Waals surface area (Å²) in [5, 5.41) is 4.97. The lowest BCUT2D eigenvalue weighted by atomic mass is 9.79. The Labute approximate surface area is 132 Å². The van der Waals surface area contributed by atoms with Gasteiger partial charge in [0, 0.05) is 17.5 Å². The van der Waals surface area contributed by atoms with Crippen LogP contribution in [0, 0.1) is 18.8 Å². The standard InChI is InChI=1S/C15H26N2O2S2/c1-10-5-6-13(7-11(10)2)17-21(18,19)15-12(3)9-20-14(15)8-16-4/h9-11,13,16-17H,5-8H2,1-4H3. The fraction of sp³-hybridized carbons (Fsp3) is 0.733. The molecule has 3 atom stereocenters. The van der Waals surface area contributed by atoms with Gasteiger partial charge in [-0.1, -0.05) is 13.8 Å². The number of thiophene rings is 1. The topological polar surface area (TPSA) is 58.2 Å². The van der Waals surface area contributed by atoms with Crippen molar-refractivity contribution in [2.45, 2.75) is 57.5 Å². The van der Waals surface area contributed by atoms with E-state index >= 15 is 0 Å². The summed E-state index contributed by atoms with van der Waals surface area (Å²) in [5.74, 6) is 1.26. The molecule has 1 fully saturated rings. The van der Waals surface area contributed by atoms with Crippen molar-refractivity contribution in [3.8, 4) is 0 Å². The molecule has 1 aliphatic carbocycles. The molecule has 0 saturated heterocycles. The summed E-state index contributed by atoms with van der Waals surface area (Å²) in [6.07, 6.45) is 2.97. The highest BCUT2D eigenvalue weighted by Crippen LogP contribution is 2.32. The van der Waals surface area contributed by atoms with E-state index in [1.807, 2.05) is 19.4 Å². The molecule has 4 nitrogen and oxygen atoms in total. The number of nitrogens with one attached hydrogen (secondary N) is 2. The van der Waals surface area contributed by atoms with Crippen LogP contribution in [0.3, 0.4) is 0 Å². The van der Waals surface area contributed by atoms with E-state index in [0.717, 1.165) is 29.7 Å². The van der Waals surface area contributed by atoms with Gasteiger partial charge in [-0.2, -0.15) is 0 Å². The van der Waals surface area contributed by atoms with Crippen molar-refractivity contribution >= 4 is 21.4 Å². The molecule has 1 heterocycles. The molecule has 1 saturated carbocycles. The van der Waals surface area contributed by atoms with Gasteiger partial charge in [-0.3, -0.25) is 0 Å². The van der Waals surface area contributed by atoms with Crippen LogP contribution < -0.4 is 10.0 Å². The number of hydrogen-bond donors (Lipinski definition) is 2. The molecule has 2 rings (SSSR count). The summed E-state index contributed by atoms with van der Waals surface area (Å²) in [6.45, 7) is 6.93. The summed E-state index contributed by atoms with van der Waals surface area (Å²) in [4.78, 5) is 1.37. The van der Waals surface area contributed by atoms with Crippen molar-refractivity contribution in [3.05, 3.63) is 15.8 Å². The van der Waals surface area contributed by atoms with E-state index in [9.17, 15) is 8.42 Å². The molecule has 21 heavy (non-hydrogen) atoms. The zero-order valence-corrected chi connectivity index (χ0v) is 14.9. The summed E-state index contributed by atoms with van der Waals surface area (Å²) in [7, 11) is -1.58. The van der Waals surface area contributed by atoms with Crippen LogP contribution in [0.5, 0.6) is 0 Å². The first-order chi connectivity index (χ1) is 9.85. The number of rotatable bonds is 5. The normalized spacial score (nSPS) is 27.0. The Balaban J connectivity index is 2.17. The lowest BCUT2D eigenvalue weighted by molar-refractivity contribution is 0.242. The molecular formula is C15H26N2O2S2. The average molecular weight is 331 g/mol. The maximum atomic E-state index is 12.7. The van der Waals surface area contributed by atoms with E-state index in [4.69, 9.17) is 0 Å².